The maximum absolute atomic E-state index is 9.55. The number of carbonyl (C=O) groups is 2. The Morgan fingerprint density at radius 2 is 1.84 bits per heavy atom. The summed E-state index contributed by atoms with van der Waals surface area (Å²) in [5.74, 6) is -1.90. The van der Waals surface area contributed by atoms with Crippen LogP contribution in [0.3, 0.4) is 0 Å². The van der Waals surface area contributed by atoms with Gasteiger partial charge in [-0.15, -0.1) is 11.3 Å². The number of hydrogen-bond donors (Lipinski definition) is 3. The molecule has 3 N–H and O–H groups in total. The van der Waals surface area contributed by atoms with E-state index >= 15 is 0 Å². The Labute approximate surface area is 149 Å². The number of thiazole rings is 1. The summed E-state index contributed by atoms with van der Waals surface area (Å²) in [5.41, 5.74) is 2.34. The summed E-state index contributed by atoms with van der Waals surface area (Å²) in [6.45, 7) is 2.25. The normalized spacial score (nSPS) is 16.9. The quantitative estimate of drug-likeness (QED) is 0.725. The van der Waals surface area contributed by atoms with Crippen LogP contribution >= 0.6 is 11.3 Å². The maximum atomic E-state index is 9.55. The third kappa shape index (κ3) is 6.48. The number of aromatic nitrogens is 1. The molecule has 0 amide bonds. The number of piperidine rings is 1. The molecule has 0 radical (unpaired) electrons. The molecular formula is C18H20N2O4S. The van der Waals surface area contributed by atoms with E-state index in [0.29, 0.717) is 18.1 Å². The van der Waals surface area contributed by atoms with Gasteiger partial charge in [0.1, 0.15) is 0 Å². The molecule has 1 fully saturated rings. The van der Waals surface area contributed by atoms with Crippen molar-refractivity contribution in [3.8, 4) is 11.3 Å². The van der Waals surface area contributed by atoms with Gasteiger partial charge in [-0.2, -0.15) is 0 Å². The lowest BCUT2D eigenvalue weighted by Gasteiger charge is -2.20. The Balaban J connectivity index is 0.000000242. The first-order chi connectivity index (χ1) is 12.1. The number of carboxylic acids is 2. The van der Waals surface area contributed by atoms with Gasteiger partial charge in [-0.05, 0) is 19.4 Å². The van der Waals surface area contributed by atoms with Crippen LogP contribution in [0, 0.1) is 0 Å². The predicted molar refractivity (Wildman–Crippen MR) is 96.8 cm³/mol. The smallest absolute Gasteiger partial charge is 0.328 e. The largest absolute Gasteiger partial charge is 0.478 e. The molecule has 0 spiro atoms. The van der Waals surface area contributed by atoms with Gasteiger partial charge in [0.15, 0.2) is 0 Å². The van der Waals surface area contributed by atoms with E-state index in [1.165, 1.54) is 23.4 Å². The molecule has 1 atom stereocenters. The second kappa shape index (κ2) is 9.71. The van der Waals surface area contributed by atoms with Gasteiger partial charge in [-0.1, -0.05) is 30.3 Å². The van der Waals surface area contributed by atoms with E-state index < -0.39 is 11.9 Å². The molecule has 1 aliphatic heterocycles. The molecular weight excluding hydrogens is 340 g/mol. The lowest BCUT2D eigenvalue weighted by Crippen LogP contribution is -2.28. The van der Waals surface area contributed by atoms with Crippen LogP contribution in [0.2, 0.25) is 0 Å². The fraction of sp³-hybridized carbons (Fsp3) is 0.278. The highest BCUT2D eigenvalue weighted by atomic mass is 32.1. The molecule has 7 heteroatoms. The first-order valence-electron chi connectivity index (χ1n) is 7.91. The highest BCUT2D eigenvalue weighted by molar-refractivity contribution is 7.10. The average Bonchev–Trinajstić information content (AvgIpc) is 3.12. The van der Waals surface area contributed by atoms with Gasteiger partial charge in [0.05, 0.1) is 10.7 Å². The number of hydrogen-bond acceptors (Lipinski definition) is 5. The number of carboxylic acid groups (broad SMARTS) is 2. The van der Waals surface area contributed by atoms with Crippen LogP contribution in [0.1, 0.15) is 23.8 Å². The van der Waals surface area contributed by atoms with Crippen LogP contribution in [-0.2, 0) is 9.59 Å². The van der Waals surface area contributed by atoms with E-state index in [4.69, 9.17) is 15.2 Å². The van der Waals surface area contributed by atoms with Crippen LogP contribution in [0.5, 0.6) is 0 Å². The van der Waals surface area contributed by atoms with Gasteiger partial charge >= 0.3 is 11.9 Å². The van der Waals surface area contributed by atoms with Crippen LogP contribution in [-0.4, -0.2) is 40.2 Å². The lowest BCUT2D eigenvalue weighted by molar-refractivity contribution is -0.134. The molecule has 132 valence electrons. The molecule has 3 rings (SSSR count). The summed E-state index contributed by atoms with van der Waals surface area (Å²) in [6.07, 6.45) is 3.66. The van der Waals surface area contributed by atoms with Crippen LogP contribution in [0.15, 0.2) is 47.9 Å². The molecule has 6 nitrogen and oxygen atoms in total. The zero-order chi connectivity index (χ0) is 18.1. The fourth-order valence-electron chi connectivity index (χ4n) is 2.42. The van der Waals surface area contributed by atoms with Crippen molar-refractivity contribution in [3.05, 3.63) is 52.9 Å². The Morgan fingerprint density at radius 3 is 2.40 bits per heavy atom. The van der Waals surface area contributed by atoms with Gasteiger partial charge < -0.3 is 15.5 Å². The van der Waals surface area contributed by atoms with Gasteiger partial charge in [-0.3, -0.25) is 0 Å². The SMILES string of the molecule is O=C(O)C=CC(=O)O.c1ccc(-c2csc(C3CCCNC3)n2)cc1. The summed E-state index contributed by atoms with van der Waals surface area (Å²) in [6, 6.07) is 10.4. The minimum Gasteiger partial charge on any atom is -0.478 e. The molecule has 25 heavy (non-hydrogen) atoms. The molecule has 1 aromatic carbocycles. The second-order valence-corrected chi connectivity index (χ2v) is 6.38. The van der Waals surface area contributed by atoms with E-state index in [9.17, 15) is 9.59 Å². The average molecular weight is 360 g/mol. The van der Waals surface area contributed by atoms with Crippen LogP contribution in [0.4, 0.5) is 0 Å². The van der Waals surface area contributed by atoms with Crippen LogP contribution in [0.25, 0.3) is 11.3 Å². The first-order valence-corrected chi connectivity index (χ1v) is 8.79. The van der Waals surface area contributed by atoms with Gasteiger partial charge in [0, 0.05) is 35.6 Å². The molecule has 0 saturated carbocycles. The number of aliphatic carboxylic acids is 2. The summed E-state index contributed by atoms with van der Waals surface area (Å²) in [4.78, 5) is 23.9. The third-order valence-corrected chi connectivity index (χ3v) is 4.61. The summed E-state index contributed by atoms with van der Waals surface area (Å²) in [7, 11) is 0. The van der Waals surface area contributed by atoms with E-state index in [1.807, 2.05) is 6.07 Å². The summed E-state index contributed by atoms with van der Waals surface area (Å²) in [5, 5.41) is 22.5. The topological polar surface area (TPSA) is 99.5 Å². The van der Waals surface area contributed by atoms with E-state index in [2.05, 4.69) is 35.0 Å². The minimum atomic E-state index is -1.26. The highest BCUT2D eigenvalue weighted by Crippen LogP contribution is 2.29. The zero-order valence-electron chi connectivity index (χ0n) is 13.6. The van der Waals surface area contributed by atoms with Crippen molar-refractivity contribution in [2.45, 2.75) is 18.8 Å². The van der Waals surface area contributed by atoms with Crippen molar-refractivity contribution in [2.75, 3.05) is 13.1 Å². The number of rotatable bonds is 4. The molecule has 0 bridgehead atoms. The molecule has 2 aromatic rings. The zero-order valence-corrected chi connectivity index (χ0v) is 14.4. The molecule has 1 unspecified atom stereocenters. The molecule has 1 saturated heterocycles. The lowest BCUT2D eigenvalue weighted by atomic mass is 10.0. The summed E-state index contributed by atoms with van der Waals surface area (Å²) < 4.78 is 0. The van der Waals surface area contributed by atoms with Gasteiger partial charge in [0.25, 0.3) is 0 Å². The monoisotopic (exact) mass is 360 g/mol. The van der Waals surface area contributed by atoms with Crippen LogP contribution < -0.4 is 5.32 Å². The standard InChI is InChI=1S/C14H16N2S.C4H4O4/c1-2-5-11(6-3-1)13-10-17-14(16-13)12-7-4-8-15-9-12;5-3(6)1-2-4(7)8/h1-3,5-6,10,12,15H,4,7-9H2;1-2H,(H,5,6)(H,7,8). The van der Waals surface area contributed by atoms with Crippen molar-refractivity contribution in [1.82, 2.24) is 10.3 Å². The number of nitrogens with zero attached hydrogens (tertiary/aromatic N) is 1. The number of nitrogens with one attached hydrogen (secondary N) is 1. The van der Waals surface area contributed by atoms with Crippen molar-refractivity contribution in [1.29, 1.82) is 0 Å². The van der Waals surface area contributed by atoms with E-state index in [1.54, 1.807) is 11.3 Å². The third-order valence-electron chi connectivity index (χ3n) is 3.61. The van der Waals surface area contributed by atoms with Gasteiger partial charge in [-0.25, -0.2) is 14.6 Å². The molecule has 0 aliphatic carbocycles. The van der Waals surface area contributed by atoms with Crippen molar-refractivity contribution in [3.63, 3.8) is 0 Å². The Kier molecular flexibility index (Phi) is 7.31. The second-order valence-electron chi connectivity index (χ2n) is 5.49. The van der Waals surface area contributed by atoms with Crippen molar-refractivity contribution >= 4 is 23.3 Å². The molecule has 1 aliphatic rings. The molecule has 2 heterocycles. The number of benzene rings is 1. The predicted octanol–water partition coefficient (Wildman–Crippen LogP) is 2.99. The Hall–Kier alpha value is -2.51. The van der Waals surface area contributed by atoms with Crippen molar-refractivity contribution < 1.29 is 19.8 Å². The minimum absolute atomic E-state index is 0.558. The first kappa shape index (κ1) is 18.8. The summed E-state index contributed by atoms with van der Waals surface area (Å²) >= 11 is 1.80. The van der Waals surface area contributed by atoms with Crippen molar-refractivity contribution in [2.24, 2.45) is 0 Å². The Bertz CT molecular complexity index is 706. The highest BCUT2D eigenvalue weighted by Gasteiger charge is 2.18. The Morgan fingerprint density at radius 1 is 1.16 bits per heavy atom. The van der Waals surface area contributed by atoms with Gasteiger partial charge in [0.2, 0.25) is 0 Å². The maximum Gasteiger partial charge on any atom is 0.328 e. The van der Waals surface area contributed by atoms with E-state index in [0.717, 1.165) is 18.8 Å². The molecule has 1 aromatic heterocycles. The van der Waals surface area contributed by atoms with E-state index in [-0.39, 0.29) is 0 Å². The fourth-order valence-corrected chi connectivity index (χ4v) is 3.39.